The Morgan fingerprint density at radius 1 is 1.35 bits per heavy atom. The highest BCUT2D eigenvalue weighted by atomic mass is 19.3. The monoisotopic (exact) mass is 289 g/mol. The van der Waals surface area contributed by atoms with Gasteiger partial charge in [0.25, 0.3) is 0 Å². The first-order chi connectivity index (χ1) is 9.20. The third kappa shape index (κ3) is 3.28. The lowest BCUT2D eigenvalue weighted by atomic mass is 10.0. The van der Waals surface area contributed by atoms with Gasteiger partial charge in [-0.2, -0.15) is 8.78 Å². The van der Waals surface area contributed by atoms with Crippen LogP contribution in [0.5, 0.6) is 0 Å². The van der Waals surface area contributed by atoms with Gasteiger partial charge in [0.05, 0.1) is 12.2 Å². The minimum Gasteiger partial charge on any atom is -0.461 e. The second-order valence-electron chi connectivity index (χ2n) is 4.12. The molecular weight excluding hydrogens is 275 g/mol. The van der Waals surface area contributed by atoms with Crippen LogP contribution in [-0.4, -0.2) is 18.5 Å². The Morgan fingerprint density at radius 2 is 1.95 bits per heavy atom. The number of aryl methyl sites for hydroxylation is 1. The molecule has 0 saturated carbocycles. The number of hydrogen-bond donors (Lipinski definition) is 1. The summed E-state index contributed by atoms with van der Waals surface area (Å²) in [6, 6.07) is 1.57. The third-order valence-electron chi connectivity index (χ3n) is 2.49. The van der Waals surface area contributed by atoms with E-state index in [4.69, 9.17) is 0 Å². The maximum Gasteiger partial charge on any atom is 0.382 e. The Hall–Kier alpha value is -2.05. The Balaban J connectivity index is 3.23. The Bertz CT molecular complexity index is 544. The fourth-order valence-electron chi connectivity index (χ4n) is 1.58. The summed E-state index contributed by atoms with van der Waals surface area (Å²) < 4.78 is 45.5. The molecule has 0 atom stereocenters. The van der Waals surface area contributed by atoms with Crippen LogP contribution in [0.4, 0.5) is 18.9 Å². The summed E-state index contributed by atoms with van der Waals surface area (Å²) in [6.07, 6.45) is 0. The molecule has 0 radical (unpaired) electrons. The van der Waals surface area contributed by atoms with Gasteiger partial charge in [-0.1, -0.05) is 0 Å². The van der Waals surface area contributed by atoms with E-state index in [0.717, 1.165) is 12.1 Å². The van der Waals surface area contributed by atoms with Crippen molar-refractivity contribution >= 4 is 17.6 Å². The van der Waals surface area contributed by atoms with Crippen molar-refractivity contribution < 1.29 is 27.5 Å². The van der Waals surface area contributed by atoms with Crippen LogP contribution >= 0.6 is 0 Å². The molecule has 0 unspecified atom stereocenters. The van der Waals surface area contributed by atoms with E-state index in [9.17, 15) is 22.8 Å². The number of benzene rings is 1. The van der Waals surface area contributed by atoms with E-state index < -0.39 is 29.2 Å². The lowest BCUT2D eigenvalue weighted by Crippen LogP contribution is -2.29. The molecule has 0 fully saturated rings. The summed E-state index contributed by atoms with van der Waals surface area (Å²) >= 11 is 0. The second-order valence-corrected chi connectivity index (χ2v) is 4.12. The number of carbonyl (C=O) groups excluding carboxylic acids is 2. The fourth-order valence-corrected chi connectivity index (χ4v) is 1.58. The van der Waals surface area contributed by atoms with Gasteiger partial charge in [0.2, 0.25) is 5.91 Å². The Labute approximate surface area is 113 Å². The first kappa shape index (κ1) is 16.0. The van der Waals surface area contributed by atoms with Gasteiger partial charge in [0.15, 0.2) is 0 Å². The molecule has 1 rings (SSSR count). The maximum absolute atomic E-state index is 13.8. The van der Waals surface area contributed by atoms with Gasteiger partial charge in [-0.05, 0) is 31.5 Å². The summed E-state index contributed by atoms with van der Waals surface area (Å²) in [5, 5.41) is 2.31. The number of halogens is 3. The highest BCUT2D eigenvalue weighted by Gasteiger charge is 2.45. The summed E-state index contributed by atoms with van der Waals surface area (Å²) in [5.74, 6) is -7.65. The van der Waals surface area contributed by atoms with Gasteiger partial charge in [0, 0.05) is 12.6 Å². The van der Waals surface area contributed by atoms with Crippen molar-refractivity contribution in [2.24, 2.45) is 0 Å². The predicted molar refractivity (Wildman–Crippen MR) is 66.0 cm³/mol. The number of ether oxygens (including phenoxy) is 1. The van der Waals surface area contributed by atoms with E-state index in [1.54, 1.807) is 0 Å². The molecule has 0 saturated heterocycles. The van der Waals surface area contributed by atoms with E-state index in [0.29, 0.717) is 0 Å². The molecule has 20 heavy (non-hydrogen) atoms. The van der Waals surface area contributed by atoms with E-state index in [2.05, 4.69) is 10.1 Å². The average Bonchev–Trinajstić information content (AvgIpc) is 2.32. The summed E-state index contributed by atoms with van der Waals surface area (Å²) in [7, 11) is 0. The SMILES string of the molecule is CCOC(=O)C(F)(F)c1cc(C)c(NC(C)=O)cc1F. The molecule has 0 heterocycles. The molecule has 0 bridgehead atoms. The number of amides is 1. The third-order valence-corrected chi connectivity index (χ3v) is 2.49. The highest BCUT2D eigenvalue weighted by molar-refractivity contribution is 5.89. The molecular formula is C13H14F3NO3. The van der Waals surface area contributed by atoms with Crippen LogP contribution in [0, 0.1) is 12.7 Å². The van der Waals surface area contributed by atoms with Gasteiger partial charge >= 0.3 is 11.9 Å². The van der Waals surface area contributed by atoms with Crippen molar-refractivity contribution in [2.75, 3.05) is 11.9 Å². The average molecular weight is 289 g/mol. The molecule has 1 aromatic carbocycles. The maximum atomic E-state index is 13.8. The lowest BCUT2D eigenvalue weighted by Gasteiger charge is -2.17. The normalized spacial score (nSPS) is 11.1. The van der Waals surface area contributed by atoms with Crippen LogP contribution < -0.4 is 5.32 Å². The Kier molecular flexibility index (Phi) is 4.75. The zero-order valence-electron chi connectivity index (χ0n) is 11.2. The topological polar surface area (TPSA) is 55.4 Å². The van der Waals surface area contributed by atoms with Crippen molar-refractivity contribution in [2.45, 2.75) is 26.7 Å². The van der Waals surface area contributed by atoms with Gasteiger partial charge in [0.1, 0.15) is 5.82 Å². The number of rotatable bonds is 4. The predicted octanol–water partition coefficient (Wildman–Crippen LogP) is 2.75. The zero-order chi connectivity index (χ0) is 15.5. The Morgan fingerprint density at radius 3 is 2.45 bits per heavy atom. The molecule has 4 nitrogen and oxygen atoms in total. The van der Waals surface area contributed by atoms with Crippen molar-refractivity contribution in [3.8, 4) is 0 Å². The van der Waals surface area contributed by atoms with Gasteiger partial charge in [-0.15, -0.1) is 0 Å². The highest BCUT2D eigenvalue weighted by Crippen LogP contribution is 2.34. The minimum absolute atomic E-state index is 0.0680. The minimum atomic E-state index is -4.08. The number of anilines is 1. The van der Waals surface area contributed by atoms with E-state index >= 15 is 0 Å². The van der Waals surface area contributed by atoms with Gasteiger partial charge in [-0.3, -0.25) is 4.79 Å². The molecule has 7 heteroatoms. The molecule has 1 amide bonds. The molecule has 0 aliphatic carbocycles. The summed E-state index contributed by atoms with van der Waals surface area (Å²) in [4.78, 5) is 22.1. The summed E-state index contributed by atoms with van der Waals surface area (Å²) in [6.45, 7) is 3.75. The lowest BCUT2D eigenvalue weighted by molar-refractivity contribution is -0.173. The number of esters is 1. The summed E-state index contributed by atoms with van der Waals surface area (Å²) in [5.41, 5.74) is -0.804. The smallest absolute Gasteiger partial charge is 0.382 e. The fraction of sp³-hybridized carbons (Fsp3) is 0.385. The van der Waals surface area contributed by atoms with Crippen molar-refractivity contribution in [1.29, 1.82) is 0 Å². The number of hydrogen-bond acceptors (Lipinski definition) is 3. The molecule has 0 aliphatic heterocycles. The van der Waals surface area contributed by atoms with Crippen LogP contribution in [0.15, 0.2) is 12.1 Å². The first-order valence-electron chi connectivity index (χ1n) is 5.83. The first-order valence-corrected chi connectivity index (χ1v) is 5.83. The van der Waals surface area contributed by atoms with Crippen LogP contribution in [0.3, 0.4) is 0 Å². The van der Waals surface area contributed by atoms with Crippen LogP contribution in [-0.2, 0) is 20.2 Å². The standard InChI is InChI=1S/C13H14F3NO3/c1-4-20-12(19)13(15,16)9-5-7(2)11(6-10(9)14)17-8(3)18/h5-6H,4H2,1-3H3,(H,17,18). The number of alkyl halides is 2. The molecule has 1 aromatic rings. The van der Waals surface area contributed by atoms with Crippen molar-refractivity contribution in [1.82, 2.24) is 0 Å². The second kappa shape index (κ2) is 5.94. The van der Waals surface area contributed by atoms with Gasteiger partial charge < -0.3 is 10.1 Å². The van der Waals surface area contributed by atoms with Crippen molar-refractivity contribution in [3.05, 3.63) is 29.1 Å². The van der Waals surface area contributed by atoms with Crippen LogP contribution in [0.2, 0.25) is 0 Å². The van der Waals surface area contributed by atoms with E-state index in [1.165, 1.54) is 20.8 Å². The number of nitrogens with one attached hydrogen (secondary N) is 1. The molecule has 0 aromatic heterocycles. The van der Waals surface area contributed by atoms with Crippen molar-refractivity contribution in [3.63, 3.8) is 0 Å². The number of carbonyl (C=O) groups is 2. The molecule has 0 spiro atoms. The molecule has 1 N–H and O–H groups in total. The largest absolute Gasteiger partial charge is 0.461 e. The zero-order valence-corrected chi connectivity index (χ0v) is 11.2. The van der Waals surface area contributed by atoms with Gasteiger partial charge in [-0.25, -0.2) is 9.18 Å². The van der Waals surface area contributed by atoms with E-state index in [1.807, 2.05) is 0 Å². The molecule has 110 valence electrons. The van der Waals surface area contributed by atoms with Crippen LogP contribution in [0.1, 0.15) is 25.0 Å². The quantitative estimate of drug-likeness (QED) is 0.867. The van der Waals surface area contributed by atoms with E-state index in [-0.39, 0.29) is 17.9 Å². The van der Waals surface area contributed by atoms with Crippen LogP contribution in [0.25, 0.3) is 0 Å². The molecule has 0 aliphatic rings.